The SMILES string of the molecule is CC(OCCO)C(C)(C)N. The molecule has 62 valence electrons. The molecule has 0 spiro atoms. The molecule has 10 heavy (non-hydrogen) atoms. The van der Waals surface area contributed by atoms with Crippen LogP contribution < -0.4 is 5.73 Å². The lowest BCUT2D eigenvalue weighted by molar-refractivity contribution is 0.00420. The molecule has 3 heteroatoms. The number of hydrogen-bond donors (Lipinski definition) is 2. The first-order chi connectivity index (χ1) is 4.48. The summed E-state index contributed by atoms with van der Waals surface area (Å²) < 4.78 is 5.18. The fourth-order valence-corrected chi connectivity index (χ4v) is 0.444. The molecule has 0 aromatic carbocycles. The van der Waals surface area contributed by atoms with Crippen molar-refractivity contribution in [3.8, 4) is 0 Å². The summed E-state index contributed by atoms with van der Waals surface area (Å²) in [5.41, 5.74) is 5.39. The van der Waals surface area contributed by atoms with Crippen molar-refractivity contribution in [3.05, 3.63) is 0 Å². The van der Waals surface area contributed by atoms with Gasteiger partial charge in [0.25, 0.3) is 0 Å². The molecule has 0 rings (SSSR count). The van der Waals surface area contributed by atoms with Gasteiger partial charge in [-0.2, -0.15) is 0 Å². The van der Waals surface area contributed by atoms with Gasteiger partial charge < -0.3 is 15.6 Å². The molecule has 0 saturated carbocycles. The molecular formula is C7H17NO2. The number of ether oxygens (including phenoxy) is 1. The molecule has 3 nitrogen and oxygen atoms in total. The first-order valence-corrected chi connectivity index (χ1v) is 3.50. The fourth-order valence-electron chi connectivity index (χ4n) is 0.444. The van der Waals surface area contributed by atoms with Crippen LogP contribution in [0.4, 0.5) is 0 Å². The van der Waals surface area contributed by atoms with Crippen molar-refractivity contribution >= 4 is 0 Å². The topological polar surface area (TPSA) is 55.5 Å². The number of nitrogens with two attached hydrogens (primary N) is 1. The zero-order chi connectivity index (χ0) is 8.20. The minimum Gasteiger partial charge on any atom is -0.394 e. The Morgan fingerprint density at radius 1 is 1.60 bits per heavy atom. The fraction of sp³-hybridized carbons (Fsp3) is 1.00. The van der Waals surface area contributed by atoms with Crippen LogP contribution in [0.3, 0.4) is 0 Å². The van der Waals surface area contributed by atoms with Gasteiger partial charge in [0.15, 0.2) is 0 Å². The zero-order valence-corrected chi connectivity index (χ0v) is 6.92. The van der Waals surface area contributed by atoms with Gasteiger partial charge in [-0.25, -0.2) is 0 Å². The van der Waals surface area contributed by atoms with Gasteiger partial charge in [0.05, 0.1) is 19.3 Å². The summed E-state index contributed by atoms with van der Waals surface area (Å²) in [6.07, 6.45) is -0.0142. The molecule has 0 aromatic rings. The average Bonchev–Trinajstić information content (AvgIpc) is 1.80. The van der Waals surface area contributed by atoms with Crippen molar-refractivity contribution in [2.45, 2.75) is 32.4 Å². The van der Waals surface area contributed by atoms with E-state index in [4.69, 9.17) is 15.6 Å². The summed E-state index contributed by atoms with van der Waals surface area (Å²) in [7, 11) is 0. The van der Waals surface area contributed by atoms with E-state index in [1.165, 1.54) is 0 Å². The van der Waals surface area contributed by atoms with Crippen LogP contribution in [0.15, 0.2) is 0 Å². The van der Waals surface area contributed by atoms with E-state index < -0.39 is 0 Å². The second-order valence-corrected chi connectivity index (χ2v) is 3.06. The summed E-state index contributed by atoms with van der Waals surface area (Å²) in [6, 6.07) is 0. The molecular weight excluding hydrogens is 130 g/mol. The molecule has 0 aliphatic heterocycles. The van der Waals surface area contributed by atoms with Crippen LogP contribution in [-0.2, 0) is 4.74 Å². The molecule has 0 bridgehead atoms. The Morgan fingerprint density at radius 2 is 2.10 bits per heavy atom. The molecule has 0 radical (unpaired) electrons. The molecule has 0 aromatic heterocycles. The maximum atomic E-state index is 8.42. The van der Waals surface area contributed by atoms with Crippen LogP contribution in [0.2, 0.25) is 0 Å². The van der Waals surface area contributed by atoms with Crippen molar-refractivity contribution in [2.24, 2.45) is 5.73 Å². The van der Waals surface area contributed by atoms with Gasteiger partial charge in [-0.15, -0.1) is 0 Å². The Morgan fingerprint density at radius 3 is 2.40 bits per heavy atom. The average molecular weight is 147 g/mol. The smallest absolute Gasteiger partial charge is 0.0722 e. The lowest BCUT2D eigenvalue weighted by Gasteiger charge is -2.26. The molecule has 0 fully saturated rings. The highest BCUT2D eigenvalue weighted by Gasteiger charge is 2.20. The largest absolute Gasteiger partial charge is 0.394 e. The Labute approximate surface area is 62.2 Å². The van der Waals surface area contributed by atoms with E-state index in [2.05, 4.69) is 0 Å². The normalized spacial score (nSPS) is 15.3. The van der Waals surface area contributed by atoms with Crippen LogP contribution in [0.1, 0.15) is 20.8 Å². The molecule has 0 aliphatic rings. The van der Waals surface area contributed by atoms with Gasteiger partial charge in [0.1, 0.15) is 0 Å². The highest BCUT2D eigenvalue weighted by Crippen LogP contribution is 2.07. The first-order valence-electron chi connectivity index (χ1n) is 3.50. The quantitative estimate of drug-likeness (QED) is 0.594. The lowest BCUT2D eigenvalue weighted by Crippen LogP contribution is -2.45. The van der Waals surface area contributed by atoms with E-state index >= 15 is 0 Å². The minimum atomic E-state index is -0.324. The summed E-state index contributed by atoms with van der Waals surface area (Å²) in [5, 5.41) is 8.42. The Bertz CT molecular complexity index is 88.1. The molecule has 3 N–H and O–H groups in total. The number of rotatable bonds is 4. The van der Waals surface area contributed by atoms with Crippen LogP contribution in [0, 0.1) is 0 Å². The summed E-state index contributed by atoms with van der Waals surface area (Å²) in [5.74, 6) is 0. The molecule has 1 atom stereocenters. The zero-order valence-electron chi connectivity index (χ0n) is 6.92. The van der Waals surface area contributed by atoms with Gasteiger partial charge >= 0.3 is 0 Å². The predicted molar refractivity (Wildman–Crippen MR) is 40.8 cm³/mol. The maximum Gasteiger partial charge on any atom is 0.0722 e. The van der Waals surface area contributed by atoms with Gasteiger partial charge in [-0.05, 0) is 20.8 Å². The van der Waals surface area contributed by atoms with Crippen molar-refractivity contribution in [3.63, 3.8) is 0 Å². The first kappa shape index (κ1) is 9.88. The van der Waals surface area contributed by atoms with Crippen LogP contribution in [0.5, 0.6) is 0 Å². The molecule has 0 aliphatic carbocycles. The lowest BCUT2D eigenvalue weighted by atomic mass is 10.0. The highest BCUT2D eigenvalue weighted by atomic mass is 16.5. The summed E-state index contributed by atoms with van der Waals surface area (Å²) >= 11 is 0. The standard InChI is InChI=1S/C7H17NO2/c1-6(7(2,3)8)10-5-4-9/h6,9H,4-5,8H2,1-3H3. The number of hydrogen-bond acceptors (Lipinski definition) is 3. The van der Waals surface area contributed by atoms with Crippen molar-refractivity contribution < 1.29 is 9.84 Å². The Balaban J connectivity index is 3.52. The van der Waals surface area contributed by atoms with Gasteiger partial charge in [-0.3, -0.25) is 0 Å². The Hall–Kier alpha value is -0.120. The van der Waals surface area contributed by atoms with E-state index in [1.807, 2.05) is 20.8 Å². The third kappa shape index (κ3) is 3.82. The molecule has 0 heterocycles. The van der Waals surface area contributed by atoms with E-state index in [-0.39, 0.29) is 18.2 Å². The second kappa shape index (κ2) is 3.91. The van der Waals surface area contributed by atoms with E-state index in [0.29, 0.717) is 6.61 Å². The van der Waals surface area contributed by atoms with Gasteiger partial charge in [-0.1, -0.05) is 0 Å². The highest BCUT2D eigenvalue weighted by molar-refractivity contribution is 4.79. The van der Waals surface area contributed by atoms with Gasteiger partial charge in [0.2, 0.25) is 0 Å². The summed E-state index contributed by atoms with van der Waals surface area (Å²) in [6.45, 7) is 6.11. The van der Waals surface area contributed by atoms with Crippen molar-refractivity contribution in [2.75, 3.05) is 13.2 Å². The number of aliphatic hydroxyl groups is 1. The van der Waals surface area contributed by atoms with Crippen LogP contribution in [0.25, 0.3) is 0 Å². The second-order valence-electron chi connectivity index (χ2n) is 3.06. The van der Waals surface area contributed by atoms with E-state index in [9.17, 15) is 0 Å². The van der Waals surface area contributed by atoms with Crippen molar-refractivity contribution in [1.29, 1.82) is 0 Å². The molecule has 0 saturated heterocycles. The van der Waals surface area contributed by atoms with E-state index in [1.54, 1.807) is 0 Å². The third-order valence-corrected chi connectivity index (χ3v) is 1.51. The molecule has 0 amide bonds. The van der Waals surface area contributed by atoms with E-state index in [0.717, 1.165) is 0 Å². The van der Waals surface area contributed by atoms with Gasteiger partial charge in [0, 0.05) is 5.54 Å². The maximum absolute atomic E-state index is 8.42. The van der Waals surface area contributed by atoms with Crippen LogP contribution >= 0.6 is 0 Å². The monoisotopic (exact) mass is 147 g/mol. The third-order valence-electron chi connectivity index (χ3n) is 1.51. The number of aliphatic hydroxyl groups excluding tert-OH is 1. The summed E-state index contributed by atoms with van der Waals surface area (Å²) in [4.78, 5) is 0. The van der Waals surface area contributed by atoms with Crippen molar-refractivity contribution in [1.82, 2.24) is 0 Å². The Kier molecular flexibility index (Phi) is 3.86. The predicted octanol–water partition coefficient (Wildman–Crippen LogP) is 0.121. The molecule has 1 unspecified atom stereocenters. The van der Waals surface area contributed by atoms with Crippen LogP contribution in [-0.4, -0.2) is 30.0 Å². The minimum absolute atomic E-state index is 0.0142.